The van der Waals surface area contributed by atoms with Crippen molar-refractivity contribution in [2.75, 3.05) is 29.4 Å². The average molecular weight is 1830 g/mol. The van der Waals surface area contributed by atoms with Crippen LogP contribution in [0.3, 0.4) is 0 Å². The van der Waals surface area contributed by atoms with Crippen LogP contribution in [0.5, 0.6) is 0 Å². The van der Waals surface area contributed by atoms with E-state index < -0.39 is 108 Å². The Hall–Kier alpha value is -6.62. The second-order valence-corrected chi connectivity index (χ2v) is 31.1. The van der Waals surface area contributed by atoms with Gasteiger partial charge in [0.2, 0.25) is 0 Å². The molecule has 3 heterocycles. The lowest BCUT2D eigenvalue weighted by Gasteiger charge is -2.55. The maximum atomic E-state index is 14.5. The molecule has 28 heteroatoms. The van der Waals surface area contributed by atoms with Crippen molar-refractivity contribution in [3.63, 3.8) is 0 Å². The van der Waals surface area contributed by atoms with Gasteiger partial charge in [0.15, 0.2) is 17.1 Å². The van der Waals surface area contributed by atoms with Crippen LogP contribution < -0.4 is 29.4 Å². The first kappa shape index (κ1) is 74.1. The van der Waals surface area contributed by atoms with Gasteiger partial charge in [-0.25, -0.2) is 50.5 Å². The standard InChI is InChI=1S/C25H17Cl2F2N3O2.C24H17Cl2F2IN2O2.C18H12Cl2F2N2O2.C6H4I2/c1-30-19-4-2-3-16(13-19)25(34)23(14-24(28,29)15-23)31(20-9-5-17(26)6-10-20)22(33)32(25)21-11-7-18(27)8-12-21;25-16-4-8-19(9-5-16)30-21(32)31(20-10-6-17(26)7-11-20)24(33,15-2-1-3-18(29)12-15)22(30)13-23(27,28)14-22;19-11-1-5-13(6-2-11)23-15(25)17(9-18(21,22)10-17)24(16(23)26)14-7-3-12(20)4-8-14;7-5-2-1-3-6(8)4-5/h2-13,34H,14-15H2;1-12,33H,13-14H2;1-8H,9-10H2;1-4H. The number of hydrogen-bond acceptors (Lipinski definition) is 6. The van der Waals surface area contributed by atoms with Gasteiger partial charge in [-0.1, -0.05) is 106 Å². The fourth-order valence-corrected chi connectivity index (χ4v) is 16.9. The highest BCUT2D eigenvalue weighted by Crippen LogP contribution is 2.66. The van der Waals surface area contributed by atoms with Crippen molar-refractivity contribution >= 4 is 201 Å². The number of rotatable bonds is 8. The lowest BCUT2D eigenvalue weighted by molar-refractivity contribution is -0.182. The molecule has 9 aromatic carbocycles. The van der Waals surface area contributed by atoms with Gasteiger partial charge in [-0.2, -0.15) is 0 Å². The molecule has 6 aliphatic rings. The quantitative estimate of drug-likeness (QED) is 0.0674. The van der Waals surface area contributed by atoms with E-state index in [1.807, 2.05) is 6.07 Å². The normalized spacial score (nSPS) is 21.2. The molecule has 3 spiro atoms. The summed E-state index contributed by atoms with van der Waals surface area (Å²) in [5.74, 6) is -9.77. The van der Waals surface area contributed by atoms with Crippen LogP contribution in [0.4, 0.5) is 80.5 Å². The maximum Gasteiger partial charge on any atom is 0.336 e. The molecule has 0 bridgehead atoms. The summed E-state index contributed by atoms with van der Waals surface area (Å²) in [5.41, 5.74) is -6.51. The van der Waals surface area contributed by atoms with E-state index in [-0.39, 0.29) is 22.6 Å². The van der Waals surface area contributed by atoms with Crippen LogP contribution in [0.15, 0.2) is 218 Å². The van der Waals surface area contributed by atoms with Gasteiger partial charge < -0.3 is 10.2 Å². The Bertz CT molecular complexity index is 4710. The van der Waals surface area contributed by atoms with Crippen molar-refractivity contribution in [1.82, 2.24) is 0 Å². The number of aliphatic hydroxyl groups is 2. The lowest BCUT2D eigenvalue weighted by Crippen LogP contribution is -2.70. The fraction of sp³-hybridized carbons (Fsp3) is 0.192. The third-order valence-corrected chi connectivity index (χ3v) is 21.7. The zero-order chi connectivity index (χ0) is 72.6. The summed E-state index contributed by atoms with van der Waals surface area (Å²) in [6.45, 7) is 7.37. The first-order valence-corrected chi connectivity index (χ1v) is 36.0. The second kappa shape index (κ2) is 28.1. The Morgan fingerprint density at radius 3 is 0.950 bits per heavy atom. The molecule has 101 heavy (non-hydrogen) atoms. The van der Waals surface area contributed by atoms with Crippen molar-refractivity contribution in [2.24, 2.45) is 0 Å². The second-order valence-electron chi connectivity index (χ2n) is 24.7. The smallest absolute Gasteiger partial charge is 0.336 e. The Morgan fingerprint density at radius 1 is 0.356 bits per heavy atom. The fourth-order valence-electron chi connectivity index (χ4n) is 14.0. The number of carbonyl (C=O) groups excluding carboxylic acids is 4. The summed E-state index contributed by atoms with van der Waals surface area (Å²) < 4.78 is 89.0. The number of alkyl halides is 6. The van der Waals surface area contributed by atoms with Gasteiger partial charge in [-0.05, 0) is 255 Å². The van der Waals surface area contributed by atoms with Gasteiger partial charge in [0.25, 0.3) is 23.7 Å². The molecule has 15 rings (SSSR count). The SMILES string of the molecule is Ic1cccc(I)c1.O=C1N(c2ccc(Cl)cc2)C(=O)C2(CC(F)(F)C2)N1c1ccc(Cl)cc1.O=C1N(c2ccc(Cl)cc2)C2(CC(F)(F)C2)C(O)(c2cccc(I)c2)N1c1ccc(Cl)cc1.[C-]#[N+]c1cccc(C2(O)N(c3ccc(Cl)cc3)C(=O)N(c3ccc(Cl)cc3)C23CC(F)(F)C3)c1. The van der Waals surface area contributed by atoms with Gasteiger partial charge in [0.05, 0.1) is 12.3 Å². The van der Waals surface area contributed by atoms with E-state index in [9.17, 15) is 55.7 Å². The number of carbonyl (C=O) groups is 4. The molecule has 3 saturated heterocycles. The molecule has 2 atom stereocenters. The molecule has 0 aromatic heterocycles. The molecule has 3 aliphatic carbocycles. The van der Waals surface area contributed by atoms with E-state index in [2.05, 4.69) is 96.9 Å². The van der Waals surface area contributed by atoms with E-state index in [4.69, 9.17) is 76.2 Å². The number of urea groups is 3. The molecule has 13 nitrogen and oxygen atoms in total. The summed E-state index contributed by atoms with van der Waals surface area (Å²) in [6, 6.07) is 56.8. The highest BCUT2D eigenvalue weighted by molar-refractivity contribution is 14.1. The molecule has 9 aromatic rings. The third-order valence-electron chi connectivity index (χ3n) is 18.2. The number of imide groups is 1. The highest BCUT2D eigenvalue weighted by atomic mass is 127. The van der Waals surface area contributed by atoms with Gasteiger partial charge in [-0.15, -0.1) is 0 Å². The Labute approximate surface area is 646 Å². The molecule has 3 saturated carbocycles. The van der Waals surface area contributed by atoms with Gasteiger partial charge >= 0.3 is 18.1 Å². The minimum Gasteiger partial charge on any atom is -0.365 e. The Kier molecular flexibility index (Phi) is 20.6. The first-order chi connectivity index (χ1) is 47.7. The van der Waals surface area contributed by atoms with E-state index in [0.717, 1.165) is 18.3 Å². The zero-order valence-corrected chi connectivity index (χ0v) is 62.9. The molecular weight excluding hydrogens is 1780 g/mol. The summed E-state index contributed by atoms with van der Waals surface area (Å²) >= 11 is 42.5. The average Bonchev–Trinajstić information content (AvgIpc) is 1.55. The predicted molar refractivity (Wildman–Crippen MR) is 407 cm³/mol. The molecule has 2 N–H and O–H groups in total. The highest BCUT2D eigenvalue weighted by Gasteiger charge is 2.79. The lowest BCUT2D eigenvalue weighted by atomic mass is 9.64. The predicted octanol–water partition coefficient (Wildman–Crippen LogP) is 22.1. The van der Waals surface area contributed by atoms with E-state index in [1.165, 1.54) is 70.4 Å². The van der Waals surface area contributed by atoms with Crippen LogP contribution in [0.25, 0.3) is 4.85 Å². The summed E-state index contributed by atoms with van der Waals surface area (Å²) in [4.78, 5) is 64.3. The molecule has 3 aliphatic heterocycles. The van der Waals surface area contributed by atoms with Gasteiger partial charge in [0, 0.05) is 113 Å². The summed E-state index contributed by atoms with van der Waals surface area (Å²) in [5, 5.41) is 27.4. The zero-order valence-electron chi connectivity index (χ0n) is 51.9. The molecule has 7 amide bonds. The third kappa shape index (κ3) is 13.6. The van der Waals surface area contributed by atoms with Crippen LogP contribution in [0.1, 0.15) is 49.7 Å². The van der Waals surface area contributed by atoms with E-state index in [1.54, 1.807) is 140 Å². The number of halogens is 15. The number of nitrogens with zero attached hydrogens (tertiary/aromatic N) is 7. The minimum absolute atomic E-state index is 0.163. The number of anilines is 6. The minimum atomic E-state index is -3.09. The van der Waals surface area contributed by atoms with E-state index in [0.29, 0.717) is 58.4 Å². The number of amides is 7. The Balaban J connectivity index is 0.000000136. The molecular formula is C73H50Cl6F6I3N7O6. The van der Waals surface area contributed by atoms with Gasteiger partial charge in [0.1, 0.15) is 16.6 Å². The molecule has 2 unspecified atom stereocenters. The topological polar surface area (TPSA) is 133 Å². The molecule has 6 fully saturated rings. The van der Waals surface area contributed by atoms with E-state index >= 15 is 0 Å². The van der Waals surface area contributed by atoms with Crippen LogP contribution in [-0.4, -0.2) is 68.6 Å². The summed E-state index contributed by atoms with van der Waals surface area (Å²) in [7, 11) is 0. The van der Waals surface area contributed by atoms with Crippen molar-refractivity contribution < 1.29 is 55.7 Å². The van der Waals surface area contributed by atoms with Gasteiger partial charge in [-0.3, -0.25) is 29.3 Å². The number of hydrogen-bond donors (Lipinski definition) is 2. The van der Waals surface area contributed by atoms with Crippen molar-refractivity contribution in [1.29, 1.82) is 0 Å². The van der Waals surface area contributed by atoms with Crippen molar-refractivity contribution in [3.05, 3.63) is 282 Å². The van der Waals surface area contributed by atoms with Crippen LogP contribution in [-0.2, 0) is 16.2 Å². The number of benzene rings is 9. The molecule has 518 valence electrons. The van der Waals surface area contributed by atoms with Crippen molar-refractivity contribution in [3.8, 4) is 0 Å². The Morgan fingerprint density at radius 2 is 0.644 bits per heavy atom. The molecule has 0 radical (unpaired) electrons. The van der Waals surface area contributed by atoms with Crippen molar-refractivity contribution in [2.45, 2.75) is 84.4 Å². The first-order valence-electron chi connectivity index (χ1n) is 30.5. The maximum absolute atomic E-state index is 14.5. The largest absolute Gasteiger partial charge is 0.365 e. The van der Waals surface area contributed by atoms with Crippen LogP contribution in [0, 0.1) is 17.3 Å². The van der Waals surface area contributed by atoms with Crippen LogP contribution >= 0.6 is 137 Å². The monoisotopic (exact) mass is 1820 g/mol. The van der Waals surface area contributed by atoms with Crippen LogP contribution in [0.2, 0.25) is 30.1 Å². The summed E-state index contributed by atoms with van der Waals surface area (Å²) in [6.07, 6.45) is -4.34.